The van der Waals surface area contributed by atoms with Gasteiger partial charge in [0.15, 0.2) is 0 Å². The van der Waals surface area contributed by atoms with Gasteiger partial charge in [-0.2, -0.15) is 0 Å². The van der Waals surface area contributed by atoms with Crippen LogP contribution in [0.3, 0.4) is 0 Å². The quantitative estimate of drug-likeness (QED) is 0.753. The second-order valence-corrected chi connectivity index (χ2v) is 5.67. The smallest absolute Gasteiger partial charge is 0.319 e. The van der Waals surface area contributed by atoms with Crippen molar-refractivity contribution in [2.75, 3.05) is 5.32 Å². The van der Waals surface area contributed by atoms with Gasteiger partial charge < -0.3 is 15.1 Å². The second-order valence-electron chi connectivity index (χ2n) is 5.67. The molecule has 3 rings (SSSR count). The van der Waals surface area contributed by atoms with Gasteiger partial charge in [0, 0.05) is 30.2 Å². The van der Waals surface area contributed by atoms with E-state index in [4.69, 9.17) is 4.42 Å². The third kappa shape index (κ3) is 3.81. The van der Waals surface area contributed by atoms with Crippen molar-refractivity contribution in [3.63, 3.8) is 0 Å². The third-order valence-corrected chi connectivity index (χ3v) is 3.82. The van der Waals surface area contributed by atoms with Crippen molar-refractivity contribution in [2.24, 2.45) is 0 Å². The monoisotopic (exact) mass is 321 g/mol. The molecule has 0 radical (unpaired) electrons. The number of amides is 2. The molecular weight excluding hydrogens is 302 g/mol. The van der Waals surface area contributed by atoms with Gasteiger partial charge in [-0.05, 0) is 60.9 Å². The van der Waals surface area contributed by atoms with Crippen LogP contribution in [0.1, 0.15) is 16.7 Å². The van der Waals surface area contributed by atoms with Gasteiger partial charge in [-0.15, -0.1) is 0 Å². The molecule has 0 bridgehead atoms. The summed E-state index contributed by atoms with van der Waals surface area (Å²) in [4.78, 5) is 16.2. The van der Waals surface area contributed by atoms with Crippen molar-refractivity contribution in [2.45, 2.75) is 20.4 Å². The molecule has 1 aromatic carbocycles. The van der Waals surface area contributed by atoms with Gasteiger partial charge in [-0.25, -0.2) is 4.79 Å². The Hall–Kier alpha value is -3.08. The van der Waals surface area contributed by atoms with Crippen molar-refractivity contribution in [3.8, 4) is 11.3 Å². The summed E-state index contributed by atoms with van der Waals surface area (Å²) >= 11 is 0. The summed E-state index contributed by atoms with van der Waals surface area (Å²) in [6.45, 7) is 4.45. The Morgan fingerprint density at radius 3 is 2.75 bits per heavy atom. The van der Waals surface area contributed by atoms with Gasteiger partial charge in [0.25, 0.3) is 0 Å². The molecule has 0 aliphatic carbocycles. The molecule has 0 aliphatic heterocycles. The molecule has 0 atom stereocenters. The van der Waals surface area contributed by atoms with E-state index in [-0.39, 0.29) is 6.03 Å². The predicted octanol–water partition coefficient (Wildman–Crippen LogP) is 4.28. The Kier molecular flexibility index (Phi) is 4.61. The molecule has 0 unspecified atom stereocenters. The molecule has 2 N–H and O–H groups in total. The van der Waals surface area contributed by atoms with Crippen molar-refractivity contribution >= 4 is 11.7 Å². The first-order valence-corrected chi connectivity index (χ1v) is 7.72. The number of nitrogens with zero attached hydrogens (tertiary/aromatic N) is 1. The zero-order valence-corrected chi connectivity index (χ0v) is 13.7. The summed E-state index contributed by atoms with van der Waals surface area (Å²) in [5.41, 5.74) is 4.90. The molecule has 0 aliphatic rings. The Labute approximate surface area is 140 Å². The molecule has 122 valence electrons. The van der Waals surface area contributed by atoms with Crippen LogP contribution in [0, 0.1) is 13.8 Å². The van der Waals surface area contributed by atoms with Crippen LogP contribution >= 0.6 is 0 Å². The van der Waals surface area contributed by atoms with E-state index in [0.29, 0.717) is 6.54 Å². The molecule has 3 aromatic rings. The number of carbonyl (C=O) groups is 1. The fourth-order valence-electron chi connectivity index (χ4n) is 2.34. The molecule has 0 saturated carbocycles. The van der Waals surface area contributed by atoms with Gasteiger partial charge in [-0.3, -0.25) is 4.98 Å². The number of rotatable bonds is 4. The predicted molar refractivity (Wildman–Crippen MR) is 93.7 cm³/mol. The van der Waals surface area contributed by atoms with Crippen LogP contribution in [-0.2, 0) is 6.54 Å². The highest BCUT2D eigenvalue weighted by Crippen LogP contribution is 2.19. The van der Waals surface area contributed by atoms with Crippen LogP contribution in [0.4, 0.5) is 10.5 Å². The van der Waals surface area contributed by atoms with E-state index in [1.54, 1.807) is 18.7 Å². The molecule has 0 fully saturated rings. The number of pyridine rings is 1. The minimum atomic E-state index is -0.248. The average Bonchev–Trinajstić information content (AvgIpc) is 3.11. The summed E-state index contributed by atoms with van der Waals surface area (Å²) in [7, 11) is 0. The second kappa shape index (κ2) is 7.00. The molecule has 5 nitrogen and oxygen atoms in total. The maximum atomic E-state index is 12.0. The number of aromatic nitrogens is 1. The molecule has 2 heterocycles. The number of nitrogens with one attached hydrogen (secondary N) is 2. The summed E-state index contributed by atoms with van der Waals surface area (Å²) in [6.07, 6.45) is 5.08. The molecule has 5 heteroatoms. The van der Waals surface area contributed by atoms with Crippen molar-refractivity contribution in [1.29, 1.82) is 0 Å². The highest BCUT2D eigenvalue weighted by molar-refractivity contribution is 5.89. The van der Waals surface area contributed by atoms with E-state index < -0.39 is 0 Å². The molecule has 24 heavy (non-hydrogen) atoms. The lowest BCUT2D eigenvalue weighted by atomic mass is 10.1. The van der Waals surface area contributed by atoms with E-state index in [9.17, 15) is 4.79 Å². The van der Waals surface area contributed by atoms with Crippen molar-refractivity contribution in [1.82, 2.24) is 10.3 Å². The Bertz CT molecular complexity index is 842. The zero-order chi connectivity index (χ0) is 16.9. The maximum Gasteiger partial charge on any atom is 0.319 e. The highest BCUT2D eigenvalue weighted by Gasteiger charge is 2.05. The summed E-state index contributed by atoms with van der Waals surface area (Å²) < 4.78 is 5.36. The maximum absolute atomic E-state index is 12.0. The lowest BCUT2D eigenvalue weighted by Crippen LogP contribution is -2.28. The first-order valence-electron chi connectivity index (χ1n) is 7.72. The van der Waals surface area contributed by atoms with E-state index in [1.165, 1.54) is 5.56 Å². The van der Waals surface area contributed by atoms with Gasteiger partial charge in [0.1, 0.15) is 5.76 Å². The summed E-state index contributed by atoms with van der Waals surface area (Å²) in [5, 5.41) is 5.67. The van der Waals surface area contributed by atoms with Crippen molar-refractivity contribution < 1.29 is 9.21 Å². The van der Waals surface area contributed by atoms with Crippen LogP contribution in [0.5, 0.6) is 0 Å². The lowest BCUT2D eigenvalue weighted by Gasteiger charge is -2.09. The SMILES string of the molecule is Cc1ccc(NC(=O)NCc2cncc(-c3ccco3)c2)cc1C. The minimum absolute atomic E-state index is 0.248. The summed E-state index contributed by atoms with van der Waals surface area (Å²) in [5.74, 6) is 0.754. The fraction of sp³-hybridized carbons (Fsp3) is 0.158. The third-order valence-electron chi connectivity index (χ3n) is 3.82. The summed E-state index contributed by atoms with van der Waals surface area (Å²) in [6, 6.07) is 11.2. The van der Waals surface area contributed by atoms with Gasteiger partial charge in [-0.1, -0.05) is 6.07 Å². The Morgan fingerprint density at radius 1 is 1.12 bits per heavy atom. The molecule has 0 saturated heterocycles. The number of carbonyl (C=O) groups excluding carboxylic acids is 1. The Balaban J connectivity index is 1.60. The van der Waals surface area contributed by atoms with Gasteiger partial charge in [0.2, 0.25) is 0 Å². The fourth-order valence-corrected chi connectivity index (χ4v) is 2.34. The van der Waals surface area contributed by atoms with Gasteiger partial charge in [0.05, 0.1) is 6.26 Å². The molecule has 2 amide bonds. The van der Waals surface area contributed by atoms with E-state index in [0.717, 1.165) is 28.1 Å². The van der Waals surface area contributed by atoms with E-state index >= 15 is 0 Å². The van der Waals surface area contributed by atoms with Crippen LogP contribution < -0.4 is 10.6 Å². The van der Waals surface area contributed by atoms with Gasteiger partial charge >= 0.3 is 6.03 Å². The van der Waals surface area contributed by atoms with E-state index in [1.807, 2.05) is 50.2 Å². The van der Waals surface area contributed by atoms with Crippen molar-refractivity contribution in [3.05, 3.63) is 71.7 Å². The van der Waals surface area contributed by atoms with Crippen LogP contribution in [0.25, 0.3) is 11.3 Å². The van der Waals surface area contributed by atoms with Crippen LogP contribution in [0.15, 0.2) is 59.5 Å². The number of urea groups is 1. The molecule has 2 aromatic heterocycles. The number of aryl methyl sites for hydroxylation is 2. The standard InChI is InChI=1S/C19H19N3O2/c1-13-5-6-17(8-14(13)2)22-19(23)21-11-15-9-16(12-20-10-15)18-4-3-7-24-18/h3-10,12H,11H2,1-2H3,(H2,21,22,23). The first-order chi connectivity index (χ1) is 11.6. The zero-order valence-electron chi connectivity index (χ0n) is 13.7. The number of benzene rings is 1. The topological polar surface area (TPSA) is 67.2 Å². The minimum Gasteiger partial charge on any atom is -0.464 e. The highest BCUT2D eigenvalue weighted by atomic mass is 16.3. The first kappa shape index (κ1) is 15.8. The van der Waals surface area contributed by atoms with Crippen LogP contribution in [-0.4, -0.2) is 11.0 Å². The number of anilines is 1. The normalized spacial score (nSPS) is 10.4. The Morgan fingerprint density at radius 2 is 2.00 bits per heavy atom. The molecular formula is C19H19N3O2. The number of furan rings is 1. The van der Waals surface area contributed by atoms with Crippen LogP contribution in [0.2, 0.25) is 0 Å². The number of hydrogen-bond donors (Lipinski definition) is 2. The van der Waals surface area contributed by atoms with E-state index in [2.05, 4.69) is 15.6 Å². The lowest BCUT2D eigenvalue weighted by molar-refractivity contribution is 0.251. The average molecular weight is 321 g/mol. The largest absolute Gasteiger partial charge is 0.464 e. The molecule has 0 spiro atoms. The number of hydrogen-bond acceptors (Lipinski definition) is 3.